The first kappa shape index (κ1) is 27.0. The van der Waals surface area contributed by atoms with Crippen LogP contribution < -0.4 is 26.1 Å². The fraction of sp³-hybridized carbons (Fsp3) is 0.231. The minimum absolute atomic E-state index is 0.315. The van der Waals surface area contributed by atoms with Crippen molar-refractivity contribution in [2.24, 2.45) is 10.8 Å². The van der Waals surface area contributed by atoms with Gasteiger partial charge in [-0.15, -0.1) is 0 Å². The van der Waals surface area contributed by atoms with E-state index in [2.05, 4.69) is 20.7 Å². The third kappa shape index (κ3) is 9.26. The molecule has 2 aromatic carbocycles. The highest BCUT2D eigenvalue weighted by atomic mass is 16.5. The maximum atomic E-state index is 12.5. The van der Waals surface area contributed by atoms with Crippen LogP contribution in [0.4, 0.5) is 5.69 Å². The number of hydrazone groups is 1. The number of carbonyl (C=O) groups excluding carboxylic acids is 2. The van der Waals surface area contributed by atoms with Gasteiger partial charge in [0.2, 0.25) is 6.41 Å². The van der Waals surface area contributed by atoms with Crippen LogP contribution in [0.1, 0.15) is 28.4 Å². The molecule has 0 spiro atoms. The van der Waals surface area contributed by atoms with Crippen LogP contribution in [-0.4, -0.2) is 43.3 Å². The summed E-state index contributed by atoms with van der Waals surface area (Å²) in [5, 5.41) is 11.4. The van der Waals surface area contributed by atoms with E-state index in [0.717, 1.165) is 11.3 Å². The number of nitrogens with two attached hydrogens (primary N) is 1. The standard InChI is InChI=1S/C20H25N5O3.C6H7N/c1-14(21)19(24-25(2)17-5-4-6-18(11-17)28-3)23-20(27)16-9-7-15(8-10-16)12-22-13-26;1-6-3-2-4-7-5-6/h4-11,13-14H,12,21H2,1-3H3,(H,22,26)(H,23,24,27);2-5H,1H3. The molecule has 1 unspecified atom stereocenters. The van der Waals surface area contributed by atoms with Gasteiger partial charge in [0.15, 0.2) is 0 Å². The number of aromatic nitrogens is 1. The normalized spacial score (nSPS) is 11.4. The lowest BCUT2D eigenvalue weighted by atomic mass is 10.1. The summed E-state index contributed by atoms with van der Waals surface area (Å²) in [5.41, 5.74) is 9.34. The molecule has 0 aliphatic rings. The molecule has 184 valence electrons. The van der Waals surface area contributed by atoms with Crippen molar-refractivity contribution in [3.8, 4) is 5.75 Å². The Hall–Kier alpha value is -4.24. The van der Waals surface area contributed by atoms with Crippen molar-refractivity contribution in [1.82, 2.24) is 15.6 Å². The highest BCUT2D eigenvalue weighted by Gasteiger charge is 2.14. The molecule has 0 saturated heterocycles. The fourth-order valence-corrected chi connectivity index (χ4v) is 2.83. The summed E-state index contributed by atoms with van der Waals surface area (Å²) in [4.78, 5) is 26.8. The molecule has 9 nitrogen and oxygen atoms in total. The molecule has 1 aromatic heterocycles. The minimum atomic E-state index is -0.479. The first-order valence-corrected chi connectivity index (χ1v) is 11.0. The lowest BCUT2D eigenvalue weighted by Gasteiger charge is -2.19. The van der Waals surface area contributed by atoms with Crippen LogP contribution in [-0.2, 0) is 11.3 Å². The monoisotopic (exact) mass is 476 g/mol. The molecule has 0 aliphatic heterocycles. The Balaban J connectivity index is 0.000000527. The first-order valence-electron chi connectivity index (χ1n) is 11.0. The number of anilines is 1. The third-order valence-corrected chi connectivity index (χ3v) is 4.77. The topological polar surface area (TPSA) is 122 Å². The van der Waals surface area contributed by atoms with Gasteiger partial charge in [0.1, 0.15) is 11.6 Å². The quantitative estimate of drug-likeness (QED) is 0.199. The number of carbonyl (C=O) groups is 2. The van der Waals surface area contributed by atoms with Crippen molar-refractivity contribution in [2.75, 3.05) is 19.2 Å². The first-order chi connectivity index (χ1) is 16.8. The number of pyridine rings is 1. The largest absolute Gasteiger partial charge is 0.497 e. The molecule has 0 radical (unpaired) electrons. The SMILES string of the molecule is COc1cccc(N(C)/N=C(/NC(=O)c2ccc(CNC=O)cc2)C(C)N)c1.Cc1cccnc1. The van der Waals surface area contributed by atoms with Crippen molar-refractivity contribution < 1.29 is 14.3 Å². The summed E-state index contributed by atoms with van der Waals surface area (Å²) in [5.74, 6) is 0.724. The van der Waals surface area contributed by atoms with Crippen LogP contribution in [0, 0.1) is 6.92 Å². The molecule has 4 N–H and O–H groups in total. The van der Waals surface area contributed by atoms with Gasteiger partial charge < -0.3 is 21.1 Å². The molecule has 35 heavy (non-hydrogen) atoms. The van der Waals surface area contributed by atoms with Gasteiger partial charge in [0, 0.05) is 37.6 Å². The number of aryl methyl sites for hydroxylation is 1. The molecule has 0 bridgehead atoms. The number of amidine groups is 1. The molecule has 1 atom stereocenters. The van der Waals surface area contributed by atoms with Gasteiger partial charge in [0.05, 0.1) is 18.8 Å². The highest BCUT2D eigenvalue weighted by molar-refractivity contribution is 6.08. The second-order valence-corrected chi connectivity index (χ2v) is 7.68. The molecule has 2 amide bonds. The molecule has 3 aromatic rings. The Kier molecular flexibility index (Phi) is 10.9. The molecule has 3 rings (SSSR count). The van der Waals surface area contributed by atoms with E-state index in [4.69, 9.17) is 10.5 Å². The van der Waals surface area contributed by atoms with E-state index < -0.39 is 6.04 Å². The van der Waals surface area contributed by atoms with Crippen LogP contribution >= 0.6 is 0 Å². The smallest absolute Gasteiger partial charge is 0.256 e. The Labute approximate surface area is 206 Å². The summed E-state index contributed by atoms with van der Waals surface area (Å²) in [6, 6.07) is 17.8. The molecular formula is C26H32N6O3. The van der Waals surface area contributed by atoms with Gasteiger partial charge in [-0.1, -0.05) is 24.3 Å². The number of ether oxygens (including phenoxy) is 1. The van der Waals surface area contributed by atoms with Crippen molar-refractivity contribution in [3.05, 3.63) is 89.7 Å². The van der Waals surface area contributed by atoms with E-state index >= 15 is 0 Å². The van der Waals surface area contributed by atoms with Crippen LogP contribution in [0.3, 0.4) is 0 Å². The predicted molar refractivity (Wildman–Crippen MR) is 138 cm³/mol. The number of benzene rings is 2. The third-order valence-electron chi connectivity index (χ3n) is 4.77. The summed E-state index contributed by atoms with van der Waals surface area (Å²) < 4.78 is 5.22. The van der Waals surface area contributed by atoms with Gasteiger partial charge in [-0.05, 0) is 55.3 Å². The van der Waals surface area contributed by atoms with E-state index in [9.17, 15) is 9.59 Å². The summed E-state index contributed by atoms with van der Waals surface area (Å²) in [7, 11) is 3.36. The highest BCUT2D eigenvalue weighted by Crippen LogP contribution is 2.20. The van der Waals surface area contributed by atoms with Crippen LogP contribution in [0.15, 0.2) is 78.2 Å². The number of nitrogens with one attached hydrogen (secondary N) is 2. The Morgan fingerprint density at radius 2 is 1.94 bits per heavy atom. The number of nitrogens with zero attached hydrogens (tertiary/aromatic N) is 3. The Morgan fingerprint density at radius 1 is 1.20 bits per heavy atom. The van der Waals surface area contributed by atoms with Crippen LogP contribution in [0.5, 0.6) is 5.75 Å². The lowest BCUT2D eigenvalue weighted by molar-refractivity contribution is -0.109. The van der Waals surface area contributed by atoms with Crippen LogP contribution in [0.2, 0.25) is 0 Å². The second kappa shape index (κ2) is 14.1. The molecule has 0 saturated carbocycles. The molecule has 9 heteroatoms. The number of hydrogen-bond acceptors (Lipinski definition) is 7. The fourth-order valence-electron chi connectivity index (χ4n) is 2.83. The van der Waals surface area contributed by atoms with Crippen molar-refractivity contribution in [3.63, 3.8) is 0 Å². The predicted octanol–water partition coefficient (Wildman–Crippen LogP) is 2.86. The number of amides is 2. The Bertz CT molecular complexity index is 1100. The number of hydrogen-bond donors (Lipinski definition) is 3. The number of methoxy groups -OCH3 is 1. The second-order valence-electron chi connectivity index (χ2n) is 7.68. The van der Waals surface area contributed by atoms with Gasteiger partial charge in [-0.25, -0.2) is 0 Å². The van der Waals surface area contributed by atoms with Crippen molar-refractivity contribution in [1.29, 1.82) is 0 Å². The Morgan fingerprint density at radius 3 is 2.49 bits per heavy atom. The maximum absolute atomic E-state index is 12.5. The van der Waals surface area contributed by atoms with E-state index in [-0.39, 0.29) is 5.91 Å². The van der Waals surface area contributed by atoms with Crippen molar-refractivity contribution in [2.45, 2.75) is 26.4 Å². The van der Waals surface area contributed by atoms with Crippen LogP contribution in [0.25, 0.3) is 0 Å². The number of rotatable bonds is 8. The molecule has 1 heterocycles. The van der Waals surface area contributed by atoms with E-state index in [1.54, 1.807) is 56.6 Å². The summed E-state index contributed by atoms with van der Waals surface area (Å²) >= 11 is 0. The summed E-state index contributed by atoms with van der Waals surface area (Å²) in [6.45, 7) is 4.17. The van der Waals surface area contributed by atoms with E-state index in [0.29, 0.717) is 30.1 Å². The zero-order valence-corrected chi connectivity index (χ0v) is 20.4. The average Bonchev–Trinajstić information content (AvgIpc) is 2.88. The summed E-state index contributed by atoms with van der Waals surface area (Å²) in [6.07, 6.45) is 4.23. The van der Waals surface area contributed by atoms with E-state index in [1.807, 2.05) is 49.5 Å². The van der Waals surface area contributed by atoms with Gasteiger partial charge >= 0.3 is 0 Å². The maximum Gasteiger partial charge on any atom is 0.256 e. The van der Waals surface area contributed by atoms with Gasteiger partial charge in [0.25, 0.3) is 5.91 Å². The lowest BCUT2D eigenvalue weighted by Crippen LogP contribution is -2.43. The van der Waals surface area contributed by atoms with Crippen molar-refractivity contribution >= 4 is 23.8 Å². The average molecular weight is 477 g/mol. The minimum Gasteiger partial charge on any atom is -0.497 e. The molecule has 0 fully saturated rings. The zero-order chi connectivity index (χ0) is 25.6. The van der Waals surface area contributed by atoms with Gasteiger partial charge in [-0.2, -0.15) is 5.10 Å². The van der Waals surface area contributed by atoms with Gasteiger partial charge in [-0.3, -0.25) is 19.6 Å². The zero-order valence-electron chi connectivity index (χ0n) is 20.4. The molecule has 0 aliphatic carbocycles. The van der Waals surface area contributed by atoms with E-state index in [1.165, 1.54) is 5.56 Å². The molecular weight excluding hydrogens is 444 g/mol.